The van der Waals surface area contributed by atoms with Gasteiger partial charge in [-0.2, -0.15) is 13.2 Å². The van der Waals surface area contributed by atoms with Crippen LogP contribution in [-0.2, 0) is 21.2 Å². The second kappa shape index (κ2) is 9.73. The molecule has 4 rings (SSSR count). The van der Waals surface area contributed by atoms with Crippen LogP contribution in [-0.4, -0.2) is 52.8 Å². The van der Waals surface area contributed by atoms with Crippen LogP contribution in [0.4, 0.5) is 13.2 Å². The van der Waals surface area contributed by atoms with Gasteiger partial charge in [-0.1, -0.05) is 31.7 Å². The van der Waals surface area contributed by atoms with Crippen molar-refractivity contribution >= 4 is 15.9 Å². The number of carbonyl (C=O) groups is 1. The number of carbonyl (C=O) groups excluding carboxylic acids is 1. The molecule has 1 aromatic rings. The third-order valence-electron chi connectivity index (χ3n) is 7.40. The molecule has 11 heteroatoms. The van der Waals surface area contributed by atoms with Gasteiger partial charge in [0.2, 0.25) is 10.0 Å². The number of aromatic nitrogens is 1. The summed E-state index contributed by atoms with van der Waals surface area (Å²) in [6.07, 6.45) is 1.32. The molecule has 0 bridgehead atoms. The van der Waals surface area contributed by atoms with Crippen molar-refractivity contribution in [3.05, 3.63) is 29.6 Å². The maximum atomic E-state index is 13.8. The van der Waals surface area contributed by atoms with Gasteiger partial charge >= 0.3 is 6.18 Å². The summed E-state index contributed by atoms with van der Waals surface area (Å²) in [7, 11) is -4.01. The predicted molar refractivity (Wildman–Crippen MR) is 118 cm³/mol. The summed E-state index contributed by atoms with van der Waals surface area (Å²) in [5.74, 6) is -0.465. The summed E-state index contributed by atoms with van der Waals surface area (Å²) < 4.78 is 64.7. The smallest absolute Gasteiger partial charge is 0.289 e. The van der Waals surface area contributed by atoms with Crippen molar-refractivity contribution in [1.82, 2.24) is 14.8 Å². The Labute approximate surface area is 198 Å². The number of aryl methyl sites for hydroxylation is 1. The number of nitrogens with one attached hydrogen (secondary N) is 1. The zero-order chi connectivity index (χ0) is 24.6. The Bertz CT molecular complexity index is 954. The van der Waals surface area contributed by atoms with Crippen molar-refractivity contribution < 1.29 is 31.6 Å². The quantitative estimate of drug-likeness (QED) is 0.372. The van der Waals surface area contributed by atoms with Crippen molar-refractivity contribution in [3.63, 3.8) is 0 Å². The van der Waals surface area contributed by atoms with E-state index in [-0.39, 0.29) is 50.1 Å². The molecule has 3 aliphatic rings. The van der Waals surface area contributed by atoms with E-state index < -0.39 is 33.3 Å². The number of hydrogen-bond acceptors (Lipinski definition) is 5. The monoisotopic (exact) mass is 503 g/mol. The highest BCUT2D eigenvalue weighted by Crippen LogP contribution is 2.48. The molecule has 0 radical (unpaired) electrons. The molecule has 1 aliphatic heterocycles. The van der Waals surface area contributed by atoms with Gasteiger partial charge in [-0.05, 0) is 55.6 Å². The van der Waals surface area contributed by atoms with Gasteiger partial charge in [0.05, 0.1) is 0 Å². The van der Waals surface area contributed by atoms with Crippen molar-refractivity contribution in [3.8, 4) is 0 Å². The molecule has 0 atom stereocenters. The number of pyridine rings is 1. The van der Waals surface area contributed by atoms with Crippen LogP contribution in [0.2, 0.25) is 0 Å². The summed E-state index contributed by atoms with van der Waals surface area (Å²) in [6, 6.07) is 3.38. The summed E-state index contributed by atoms with van der Waals surface area (Å²) in [6.45, 7) is 0.473. The van der Waals surface area contributed by atoms with Crippen LogP contribution in [0, 0.1) is 11.8 Å². The van der Waals surface area contributed by atoms with Gasteiger partial charge in [-0.25, -0.2) is 18.2 Å². The van der Waals surface area contributed by atoms with Gasteiger partial charge < -0.3 is 0 Å². The predicted octanol–water partition coefficient (Wildman–Crippen LogP) is 3.93. The van der Waals surface area contributed by atoms with Gasteiger partial charge in [0.1, 0.15) is 0 Å². The van der Waals surface area contributed by atoms with Gasteiger partial charge in [0.15, 0.2) is 4.75 Å². The van der Waals surface area contributed by atoms with Crippen LogP contribution >= 0.6 is 0 Å². The maximum absolute atomic E-state index is 13.8. The molecule has 2 heterocycles. The van der Waals surface area contributed by atoms with E-state index in [0.717, 1.165) is 31.4 Å². The van der Waals surface area contributed by atoms with E-state index in [1.54, 1.807) is 17.6 Å². The summed E-state index contributed by atoms with van der Waals surface area (Å²) in [5, 5.41) is 9.44. The highest BCUT2D eigenvalue weighted by Gasteiger charge is 2.57. The minimum atomic E-state index is -4.21. The number of piperidine rings is 1. The first kappa shape index (κ1) is 25.4. The van der Waals surface area contributed by atoms with Crippen LogP contribution < -0.4 is 5.48 Å². The van der Waals surface area contributed by atoms with E-state index in [1.807, 2.05) is 0 Å². The second-order valence-electron chi connectivity index (χ2n) is 10.1. The van der Waals surface area contributed by atoms with E-state index in [2.05, 4.69) is 4.98 Å². The summed E-state index contributed by atoms with van der Waals surface area (Å²) in [4.78, 5) is 17.2. The van der Waals surface area contributed by atoms with Crippen LogP contribution in [0.15, 0.2) is 18.3 Å². The molecule has 1 aromatic heterocycles. The third-order valence-corrected chi connectivity index (χ3v) is 9.95. The fourth-order valence-electron chi connectivity index (χ4n) is 5.03. The zero-order valence-electron chi connectivity index (χ0n) is 19.1. The number of sulfonamides is 1. The number of amides is 1. The zero-order valence-corrected chi connectivity index (χ0v) is 19.9. The largest absolute Gasteiger partial charge is 0.389 e. The van der Waals surface area contributed by atoms with Crippen molar-refractivity contribution in [2.75, 3.05) is 13.1 Å². The van der Waals surface area contributed by atoms with Crippen molar-refractivity contribution in [2.24, 2.45) is 11.8 Å². The normalized spacial score (nSPS) is 20.9. The Morgan fingerprint density at radius 3 is 2.09 bits per heavy atom. The number of alkyl halides is 3. The van der Waals surface area contributed by atoms with E-state index in [4.69, 9.17) is 0 Å². The molecule has 2 aliphatic carbocycles. The number of rotatable bonds is 10. The number of halogens is 3. The first-order valence-electron chi connectivity index (χ1n) is 12.0. The fraction of sp³-hybridized carbons (Fsp3) is 0.739. The number of nitrogens with zero attached hydrogens (tertiary/aromatic N) is 2. The van der Waals surface area contributed by atoms with E-state index in [9.17, 15) is 31.6 Å². The van der Waals surface area contributed by atoms with Crippen LogP contribution in [0.1, 0.15) is 75.0 Å². The van der Waals surface area contributed by atoms with E-state index in [1.165, 1.54) is 10.5 Å². The lowest BCUT2D eigenvalue weighted by Crippen LogP contribution is -2.58. The molecule has 1 amide bonds. The van der Waals surface area contributed by atoms with E-state index >= 15 is 0 Å². The fourth-order valence-corrected chi connectivity index (χ4v) is 7.38. The Hall–Kier alpha value is -1.72. The minimum absolute atomic E-state index is 0.00366. The molecule has 190 valence electrons. The topological polar surface area (TPSA) is 99.6 Å². The SMILES string of the molecule is O=C(NO)C(CC1CC1)(CC1CC1)S(=O)(=O)N1CCC(c2ccc(CCC(F)(F)F)cn2)CC1. The molecule has 0 aromatic carbocycles. The third kappa shape index (κ3) is 5.73. The minimum Gasteiger partial charge on any atom is -0.289 e. The first-order chi connectivity index (χ1) is 16.0. The Kier molecular flexibility index (Phi) is 7.26. The van der Waals surface area contributed by atoms with Gasteiger partial charge in [0.25, 0.3) is 5.91 Å². The molecule has 34 heavy (non-hydrogen) atoms. The standard InChI is InChI=1S/C23H32F3N3O4S/c24-23(25,26)10-7-18-5-6-20(27-15-18)19-8-11-29(12-9-19)34(32,33)22(21(30)28-31,13-16-1-2-16)14-17-3-4-17/h5-6,15-17,19,31H,1-4,7-14H2,(H,28,30). The molecule has 0 unspecified atom stereocenters. The number of hydroxylamine groups is 1. The van der Waals surface area contributed by atoms with Gasteiger partial charge in [-0.3, -0.25) is 15.0 Å². The average molecular weight is 504 g/mol. The summed E-state index contributed by atoms with van der Waals surface area (Å²) >= 11 is 0. The lowest BCUT2D eigenvalue weighted by atomic mass is 9.93. The van der Waals surface area contributed by atoms with Crippen LogP contribution in [0.25, 0.3) is 0 Å². The Morgan fingerprint density at radius 2 is 1.65 bits per heavy atom. The molecular formula is C23H32F3N3O4S. The maximum Gasteiger partial charge on any atom is 0.389 e. The van der Waals surface area contributed by atoms with Crippen molar-refractivity contribution in [1.29, 1.82) is 0 Å². The lowest BCUT2D eigenvalue weighted by Gasteiger charge is -2.39. The van der Waals surface area contributed by atoms with Crippen LogP contribution in [0.5, 0.6) is 0 Å². The lowest BCUT2D eigenvalue weighted by molar-refractivity contribution is -0.134. The van der Waals surface area contributed by atoms with Crippen molar-refractivity contribution in [2.45, 2.75) is 81.0 Å². The average Bonchev–Trinajstić information content (AvgIpc) is 3.74. The first-order valence-corrected chi connectivity index (χ1v) is 13.4. The molecule has 7 nitrogen and oxygen atoms in total. The van der Waals surface area contributed by atoms with Crippen LogP contribution in [0.3, 0.4) is 0 Å². The molecule has 2 saturated carbocycles. The second-order valence-corrected chi connectivity index (χ2v) is 12.4. The van der Waals surface area contributed by atoms with Gasteiger partial charge in [0, 0.05) is 37.3 Å². The molecule has 3 fully saturated rings. The number of hydrogen-bond donors (Lipinski definition) is 2. The Balaban J connectivity index is 1.44. The molecule has 1 saturated heterocycles. The van der Waals surface area contributed by atoms with E-state index in [0.29, 0.717) is 18.4 Å². The highest BCUT2D eigenvalue weighted by molar-refractivity contribution is 7.91. The highest BCUT2D eigenvalue weighted by atomic mass is 32.2. The molecule has 0 spiro atoms. The Morgan fingerprint density at radius 1 is 1.06 bits per heavy atom. The molecular weight excluding hydrogens is 471 g/mol. The van der Waals surface area contributed by atoms with Gasteiger partial charge in [-0.15, -0.1) is 0 Å². The molecule has 2 N–H and O–H groups in total. The summed E-state index contributed by atoms with van der Waals surface area (Å²) in [5.41, 5.74) is 2.91.